The van der Waals surface area contributed by atoms with E-state index in [1.165, 1.54) is 30.9 Å². The largest absolute Gasteiger partial charge is 0.309 e. The number of fused-ring (bicyclic) bond motifs is 10. The van der Waals surface area contributed by atoms with E-state index in [9.17, 15) is 10.5 Å². The average Bonchev–Trinajstić information content (AvgIpc) is 3.82. The number of benzene rings is 7. The predicted molar refractivity (Wildman–Crippen MR) is 203 cm³/mol. The molecule has 3 aromatic heterocycles. The summed E-state index contributed by atoms with van der Waals surface area (Å²) < 4.78 is 7.04. The Kier molecular flexibility index (Phi) is 5.84. The van der Waals surface area contributed by atoms with E-state index < -0.39 is 0 Å². The number of aromatic nitrogens is 2. The van der Waals surface area contributed by atoms with Crippen LogP contribution in [0.2, 0.25) is 0 Å². The van der Waals surface area contributed by atoms with Crippen molar-refractivity contribution in [1.29, 1.82) is 10.5 Å². The van der Waals surface area contributed by atoms with Gasteiger partial charge in [-0.2, -0.15) is 10.5 Å². The van der Waals surface area contributed by atoms with Crippen LogP contribution in [0.3, 0.4) is 0 Å². The number of nitriles is 2. The second kappa shape index (κ2) is 10.4. The smallest absolute Gasteiger partial charge is 0.0992 e. The molecule has 0 bridgehead atoms. The molecule has 0 radical (unpaired) electrons. The van der Waals surface area contributed by atoms with Gasteiger partial charge >= 0.3 is 0 Å². The molecular weight excluding hydrogens is 617 g/mol. The van der Waals surface area contributed by atoms with E-state index in [0.29, 0.717) is 11.1 Å². The highest BCUT2D eigenvalue weighted by molar-refractivity contribution is 7.26. The van der Waals surface area contributed by atoms with Crippen molar-refractivity contribution in [3.8, 4) is 34.6 Å². The second-order valence-corrected chi connectivity index (χ2v) is 13.5. The minimum Gasteiger partial charge on any atom is -0.309 e. The average molecular weight is 641 g/mol. The molecule has 10 rings (SSSR count). The molecular formula is C44H24N4S. The van der Waals surface area contributed by atoms with Gasteiger partial charge in [0.25, 0.3) is 0 Å². The molecule has 3 heterocycles. The molecule has 0 aliphatic rings. The maximum Gasteiger partial charge on any atom is 0.0992 e. The number of para-hydroxylation sites is 3. The summed E-state index contributed by atoms with van der Waals surface area (Å²) in [5.74, 6) is 0. The van der Waals surface area contributed by atoms with Gasteiger partial charge in [0, 0.05) is 53.1 Å². The third-order valence-corrected chi connectivity index (χ3v) is 10.8. The lowest BCUT2D eigenvalue weighted by atomic mass is 9.99. The van der Waals surface area contributed by atoms with Crippen LogP contribution in [0.4, 0.5) is 0 Å². The lowest BCUT2D eigenvalue weighted by Gasteiger charge is -2.14. The molecule has 0 amide bonds. The first-order chi connectivity index (χ1) is 24.2. The standard InChI is InChI=1S/C44H24N4S/c45-25-27-19-29(23-31(21-27)47-37-13-5-1-9-33(37)34-10-2-6-14-38(34)47)30-20-28(26-46)22-32(24-30)48-39-15-7-3-11-35(39)43-40(48)17-18-42-44(43)36-12-4-8-16-41(36)49-42/h1-24H. The quantitative estimate of drug-likeness (QED) is 0.193. The Labute approximate surface area is 285 Å². The van der Waals surface area contributed by atoms with Gasteiger partial charge in [-0.25, -0.2) is 0 Å². The molecule has 0 spiro atoms. The number of hydrogen-bond acceptors (Lipinski definition) is 3. The summed E-state index contributed by atoms with van der Waals surface area (Å²) in [6.45, 7) is 0. The van der Waals surface area contributed by atoms with Crippen LogP contribution in [0.15, 0.2) is 146 Å². The van der Waals surface area contributed by atoms with Crippen molar-refractivity contribution in [2.24, 2.45) is 0 Å². The Morgan fingerprint density at radius 2 is 0.898 bits per heavy atom. The fourth-order valence-electron chi connectivity index (χ4n) is 7.70. The van der Waals surface area contributed by atoms with E-state index in [1.54, 1.807) is 0 Å². The molecule has 0 atom stereocenters. The monoisotopic (exact) mass is 640 g/mol. The Hall–Kier alpha value is -6.66. The zero-order valence-electron chi connectivity index (χ0n) is 26.1. The van der Waals surface area contributed by atoms with Gasteiger partial charge in [-0.1, -0.05) is 72.8 Å². The molecule has 5 heteroatoms. The molecule has 226 valence electrons. The Morgan fingerprint density at radius 1 is 0.408 bits per heavy atom. The molecule has 0 saturated heterocycles. The SMILES string of the molecule is N#Cc1cc(-c2cc(C#N)cc(-n3c4ccccc4c4c5c(ccc43)sc3ccccc35)c2)cc(-n2c3ccccc3c3ccccc32)c1. The summed E-state index contributed by atoms with van der Waals surface area (Å²) in [5.41, 5.74) is 9.00. The second-order valence-electron chi connectivity index (χ2n) is 12.4. The van der Waals surface area contributed by atoms with Crippen molar-refractivity contribution in [3.05, 3.63) is 157 Å². The van der Waals surface area contributed by atoms with Crippen molar-refractivity contribution in [2.75, 3.05) is 0 Å². The minimum absolute atomic E-state index is 0.557. The molecule has 49 heavy (non-hydrogen) atoms. The van der Waals surface area contributed by atoms with Gasteiger partial charge in [0.1, 0.15) is 0 Å². The fraction of sp³-hybridized carbons (Fsp3) is 0. The van der Waals surface area contributed by atoms with Crippen LogP contribution in [0.1, 0.15) is 11.1 Å². The Bertz CT molecular complexity index is 3030. The highest BCUT2D eigenvalue weighted by Crippen LogP contribution is 2.44. The van der Waals surface area contributed by atoms with Crippen molar-refractivity contribution < 1.29 is 0 Å². The molecule has 0 fully saturated rings. The minimum atomic E-state index is 0.557. The summed E-state index contributed by atoms with van der Waals surface area (Å²) in [5, 5.41) is 27.8. The zero-order chi connectivity index (χ0) is 32.6. The van der Waals surface area contributed by atoms with Crippen LogP contribution in [0.25, 0.3) is 86.3 Å². The molecule has 0 unspecified atom stereocenters. The third-order valence-electron chi connectivity index (χ3n) is 9.70. The van der Waals surface area contributed by atoms with Crippen molar-refractivity contribution >= 4 is 75.1 Å². The van der Waals surface area contributed by atoms with Gasteiger partial charge in [0.05, 0.1) is 45.3 Å². The van der Waals surface area contributed by atoms with Crippen molar-refractivity contribution in [2.45, 2.75) is 0 Å². The van der Waals surface area contributed by atoms with Crippen LogP contribution in [-0.2, 0) is 0 Å². The fourth-order valence-corrected chi connectivity index (χ4v) is 8.81. The van der Waals surface area contributed by atoms with E-state index in [0.717, 1.165) is 55.3 Å². The number of hydrogen-bond donors (Lipinski definition) is 0. The van der Waals surface area contributed by atoms with Gasteiger partial charge in [-0.15, -0.1) is 11.3 Å². The highest BCUT2D eigenvalue weighted by atomic mass is 32.1. The first kappa shape index (κ1) is 27.5. The predicted octanol–water partition coefficient (Wildman–Crippen LogP) is 11.7. The number of nitrogens with zero attached hydrogens (tertiary/aromatic N) is 4. The van der Waals surface area contributed by atoms with Crippen LogP contribution in [-0.4, -0.2) is 9.13 Å². The maximum atomic E-state index is 10.3. The number of thiophene rings is 1. The lowest BCUT2D eigenvalue weighted by molar-refractivity contribution is 1.17. The van der Waals surface area contributed by atoms with Gasteiger partial charge < -0.3 is 9.13 Å². The molecule has 0 aliphatic heterocycles. The van der Waals surface area contributed by atoms with Gasteiger partial charge in [-0.05, 0) is 83.9 Å². The van der Waals surface area contributed by atoms with Crippen LogP contribution >= 0.6 is 11.3 Å². The normalized spacial score (nSPS) is 11.6. The molecule has 10 aromatic rings. The van der Waals surface area contributed by atoms with Gasteiger partial charge in [0.2, 0.25) is 0 Å². The molecule has 7 aromatic carbocycles. The van der Waals surface area contributed by atoms with Crippen molar-refractivity contribution in [1.82, 2.24) is 9.13 Å². The summed E-state index contributed by atoms with van der Waals surface area (Å²) in [6, 6.07) is 55.2. The van der Waals surface area contributed by atoms with Crippen LogP contribution < -0.4 is 0 Å². The zero-order valence-corrected chi connectivity index (χ0v) is 26.9. The summed E-state index contributed by atoms with van der Waals surface area (Å²) in [4.78, 5) is 0. The third kappa shape index (κ3) is 4.01. The maximum absolute atomic E-state index is 10.3. The van der Waals surface area contributed by atoms with Crippen LogP contribution in [0.5, 0.6) is 0 Å². The first-order valence-electron chi connectivity index (χ1n) is 16.1. The summed E-state index contributed by atoms with van der Waals surface area (Å²) >= 11 is 1.82. The van der Waals surface area contributed by atoms with E-state index >= 15 is 0 Å². The van der Waals surface area contributed by atoms with E-state index in [2.05, 4.69) is 130 Å². The van der Waals surface area contributed by atoms with Gasteiger partial charge in [-0.3, -0.25) is 0 Å². The first-order valence-corrected chi connectivity index (χ1v) is 16.9. The van der Waals surface area contributed by atoms with E-state index in [-0.39, 0.29) is 0 Å². The van der Waals surface area contributed by atoms with E-state index in [1.807, 2.05) is 47.7 Å². The lowest BCUT2D eigenvalue weighted by Crippen LogP contribution is -1.98. The molecule has 0 saturated carbocycles. The van der Waals surface area contributed by atoms with Crippen LogP contribution in [0, 0.1) is 22.7 Å². The van der Waals surface area contributed by atoms with Crippen molar-refractivity contribution in [3.63, 3.8) is 0 Å². The topological polar surface area (TPSA) is 57.4 Å². The summed E-state index contributed by atoms with van der Waals surface area (Å²) in [6.07, 6.45) is 0. The Morgan fingerprint density at radius 3 is 1.49 bits per heavy atom. The summed E-state index contributed by atoms with van der Waals surface area (Å²) in [7, 11) is 0. The van der Waals surface area contributed by atoms with Gasteiger partial charge in [0.15, 0.2) is 0 Å². The highest BCUT2D eigenvalue weighted by Gasteiger charge is 2.19. The molecule has 4 nitrogen and oxygen atoms in total. The Balaban J connectivity index is 1.24. The molecule has 0 aliphatic carbocycles. The number of rotatable bonds is 3. The van der Waals surface area contributed by atoms with E-state index in [4.69, 9.17) is 0 Å². The molecule has 0 N–H and O–H groups in total.